The minimum absolute atomic E-state index is 0.0604. The molecule has 33 heavy (non-hydrogen) atoms. The molecule has 0 aromatic heterocycles. The number of aliphatic hydroxyl groups is 1. The SMILES string of the molecule is CC/C=C\CC/C=C\CCCCCCCCCCCCCCC(O)(C[N+](C)(C)C)P(=O)(O)O. The third-order valence-electron chi connectivity index (χ3n) is 6.04. The van der Waals surface area contributed by atoms with Crippen LogP contribution in [0.5, 0.6) is 0 Å². The zero-order valence-corrected chi connectivity index (χ0v) is 23.1. The lowest BCUT2D eigenvalue weighted by molar-refractivity contribution is -0.875. The first kappa shape index (κ1) is 32.5. The van der Waals surface area contributed by atoms with Crippen LogP contribution in [0.15, 0.2) is 24.3 Å². The van der Waals surface area contributed by atoms with Crippen molar-refractivity contribution in [2.24, 2.45) is 0 Å². The number of unbranched alkanes of at least 4 members (excludes halogenated alkanes) is 13. The molecule has 3 N–H and O–H groups in total. The second-order valence-corrected chi connectivity index (χ2v) is 12.6. The maximum absolute atomic E-state index is 11.8. The number of likely N-dealkylation sites (N-methyl/N-ethyl adjacent to an activating group) is 1. The van der Waals surface area contributed by atoms with Crippen molar-refractivity contribution in [3.63, 3.8) is 0 Å². The van der Waals surface area contributed by atoms with Crippen LogP contribution in [0.25, 0.3) is 0 Å². The Morgan fingerprint density at radius 1 is 0.667 bits per heavy atom. The van der Waals surface area contributed by atoms with Crippen molar-refractivity contribution in [3.8, 4) is 0 Å². The Hall–Kier alpha value is -0.450. The second-order valence-electron chi connectivity index (χ2n) is 10.7. The average Bonchev–Trinajstić information content (AvgIpc) is 2.70. The molecule has 1 atom stereocenters. The molecule has 0 aromatic carbocycles. The largest absolute Gasteiger partial charge is 0.373 e. The summed E-state index contributed by atoms with van der Waals surface area (Å²) in [4.78, 5) is 19.2. The molecule has 0 fully saturated rings. The molecule has 1 unspecified atom stereocenters. The van der Waals surface area contributed by atoms with Crippen molar-refractivity contribution in [2.75, 3.05) is 27.7 Å². The number of hydrogen-bond acceptors (Lipinski definition) is 2. The van der Waals surface area contributed by atoms with Crippen LogP contribution in [-0.2, 0) is 4.57 Å². The first-order chi connectivity index (χ1) is 15.5. The quantitative estimate of drug-likeness (QED) is 0.0645. The van der Waals surface area contributed by atoms with Gasteiger partial charge in [0.05, 0.1) is 21.1 Å². The van der Waals surface area contributed by atoms with Crippen molar-refractivity contribution in [2.45, 2.75) is 121 Å². The molecule has 0 amide bonds. The van der Waals surface area contributed by atoms with E-state index >= 15 is 0 Å². The van der Waals surface area contributed by atoms with Crippen molar-refractivity contribution in [1.29, 1.82) is 0 Å². The monoisotopic (exact) mass is 488 g/mol. The third-order valence-corrected chi connectivity index (χ3v) is 7.49. The number of hydrogen-bond donors (Lipinski definition) is 3. The summed E-state index contributed by atoms with van der Waals surface area (Å²) in [5.41, 5.74) is 0. The van der Waals surface area contributed by atoms with Crippen molar-refractivity contribution in [3.05, 3.63) is 24.3 Å². The molecular weight excluding hydrogens is 433 g/mol. The summed E-state index contributed by atoms with van der Waals surface area (Å²) in [6, 6.07) is 0. The highest BCUT2D eigenvalue weighted by atomic mass is 31.2. The predicted octanol–water partition coefficient (Wildman–Crippen LogP) is 7.32. The first-order valence-corrected chi connectivity index (χ1v) is 15.0. The van der Waals surface area contributed by atoms with Gasteiger partial charge in [-0.1, -0.05) is 95.4 Å². The van der Waals surface area contributed by atoms with Gasteiger partial charge in [0, 0.05) is 0 Å². The van der Waals surface area contributed by atoms with Crippen LogP contribution in [0.1, 0.15) is 116 Å². The van der Waals surface area contributed by atoms with E-state index in [1.54, 1.807) is 0 Å². The maximum atomic E-state index is 11.8. The van der Waals surface area contributed by atoms with Crippen LogP contribution in [0, 0.1) is 0 Å². The van der Waals surface area contributed by atoms with Gasteiger partial charge in [-0.05, 0) is 44.9 Å². The Bertz CT molecular complexity index is 565. The zero-order chi connectivity index (χ0) is 25.1. The number of rotatable bonds is 22. The molecule has 0 saturated heterocycles. The highest BCUT2D eigenvalue weighted by Gasteiger charge is 2.48. The lowest BCUT2D eigenvalue weighted by Gasteiger charge is -2.35. The Morgan fingerprint density at radius 2 is 1.06 bits per heavy atom. The summed E-state index contributed by atoms with van der Waals surface area (Å²) >= 11 is 0. The molecule has 0 aromatic rings. The Balaban J connectivity index is 3.57. The van der Waals surface area contributed by atoms with Gasteiger partial charge in [-0.3, -0.25) is 4.57 Å². The van der Waals surface area contributed by atoms with Crippen molar-refractivity contribution < 1.29 is 23.9 Å². The van der Waals surface area contributed by atoms with Crippen LogP contribution >= 0.6 is 7.60 Å². The van der Waals surface area contributed by atoms with Gasteiger partial charge in [-0.15, -0.1) is 0 Å². The predicted molar refractivity (Wildman–Crippen MR) is 142 cm³/mol. The molecule has 0 heterocycles. The summed E-state index contributed by atoms with van der Waals surface area (Å²) in [6.07, 6.45) is 28.4. The van der Waals surface area contributed by atoms with E-state index in [9.17, 15) is 19.5 Å². The maximum Gasteiger partial charge on any atom is 0.362 e. The fourth-order valence-corrected chi connectivity index (χ4v) is 5.29. The van der Waals surface area contributed by atoms with Gasteiger partial charge in [-0.2, -0.15) is 0 Å². The second kappa shape index (κ2) is 18.8. The van der Waals surface area contributed by atoms with Crippen LogP contribution in [0.3, 0.4) is 0 Å². The normalized spacial score (nSPS) is 15.0. The summed E-state index contributed by atoms with van der Waals surface area (Å²) in [5.74, 6) is 0. The summed E-state index contributed by atoms with van der Waals surface area (Å²) in [7, 11) is 0.977. The fraction of sp³-hybridized carbons (Fsp3) is 0.852. The standard InChI is InChI=1S/C27H54NO4P/c1-5-6-7-8-9-10-11-12-13-14-15-16-17-18-19-20-21-22-23-24-25-27(29,33(30,31)32)26-28(2,3)4/h6-7,10-11,29H,5,8-9,12-26H2,1-4H3,(H-,30,31,32)/p+1/b7-6-,11-10-. The minimum atomic E-state index is -4.54. The molecular formula is C27H55NO4P+. The Morgan fingerprint density at radius 3 is 1.48 bits per heavy atom. The van der Waals surface area contributed by atoms with Gasteiger partial charge in [0.25, 0.3) is 0 Å². The summed E-state index contributed by atoms with van der Waals surface area (Å²) in [6.45, 7) is 2.23. The van der Waals surface area contributed by atoms with E-state index in [0.29, 0.717) is 10.9 Å². The fourth-order valence-electron chi connectivity index (χ4n) is 4.23. The molecule has 0 saturated carbocycles. The van der Waals surface area contributed by atoms with Gasteiger partial charge < -0.3 is 19.4 Å². The van der Waals surface area contributed by atoms with E-state index in [-0.39, 0.29) is 13.0 Å². The van der Waals surface area contributed by atoms with Gasteiger partial charge >= 0.3 is 7.60 Å². The number of nitrogens with zero attached hydrogens (tertiary/aromatic N) is 1. The Kier molecular flexibility index (Phi) is 18.6. The van der Waals surface area contributed by atoms with Gasteiger partial charge in [0.2, 0.25) is 5.34 Å². The van der Waals surface area contributed by atoms with E-state index in [4.69, 9.17) is 0 Å². The van der Waals surface area contributed by atoms with E-state index in [1.807, 2.05) is 21.1 Å². The van der Waals surface area contributed by atoms with Gasteiger partial charge in [-0.25, -0.2) is 0 Å². The van der Waals surface area contributed by atoms with Crippen molar-refractivity contribution in [1.82, 2.24) is 0 Å². The highest BCUT2D eigenvalue weighted by molar-refractivity contribution is 7.53. The molecule has 0 radical (unpaired) electrons. The summed E-state index contributed by atoms with van der Waals surface area (Å²) in [5, 5.41) is 8.64. The van der Waals surface area contributed by atoms with Gasteiger partial charge in [0.1, 0.15) is 6.54 Å². The minimum Gasteiger partial charge on any atom is -0.373 e. The topological polar surface area (TPSA) is 77.8 Å². The van der Waals surface area contributed by atoms with Gasteiger partial charge in [0.15, 0.2) is 0 Å². The molecule has 0 rings (SSSR count). The molecule has 0 aliphatic rings. The smallest absolute Gasteiger partial charge is 0.362 e. The van der Waals surface area contributed by atoms with E-state index in [0.717, 1.165) is 19.3 Å². The van der Waals surface area contributed by atoms with E-state index in [2.05, 4.69) is 31.2 Å². The lowest BCUT2D eigenvalue weighted by atomic mass is 10.0. The van der Waals surface area contributed by atoms with Crippen molar-refractivity contribution >= 4 is 7.60 Å². The molecule has 0 spiro atoms. The van der Waals surface area contributed by atoms with Crippen LogP contribution in [0.2, 0.25) is 0 Å². The van der Waals surface area contributed by atoms with Crippen LogP contribution in [0.4, 0.5) is 0 Å². The van der Waals surface area contributed by atoms with E-state index in [1.165, 1.54) is 77.0 Å². The lowest BCUT2D eigenvalue weighted by Crippen LogP contribution is -2.49. The molecule has 0 aliphatic carbocycles. The Labute approximate surface area is 205 Å². The number of quaternary nitrogens is 1. The van der Waals surface area contributed by atoms with Crippen LogP contribution < -0.4 is 0 Å². The zero-order valence-electron chi connectivity index (χ0n) is 22.2. The molecule has 0 aliphatic heterocycles. The molecule has 6 heteroatoms. The molecule has 5 nitrogen and oxygen atoms in total. The average molecular weight is 489 g/mol. The number of allylic oxidation sites excluding steroid dienone is 4. The first-order valence-electron chi connectivity index (χ1n) is 13.4. The summed E-state index contributed by atoms with van der Waals surface area (Å²) < 4.78 is 12.1. The van der Waals surface area contributed by atoms with Crippen LogP contribution in [-0.4, -0.2) is 52.4 Å². The third kappa shape index (κ3) is 19.5. The molecule has 0 bridgehead atoms. The molecule has 196 valence electrons. The highest BCUT2D eigenvalue weighted by Crippen LogP contribution is 2.52. The van der Waals surface area contributed by atoms with E-state index < -0.39 is 12.9 Å².